The van der Waals surface area contributed by atoms with Crippen LogP contribution >= 0.6 is 0 Å². The molecule has 5 heteroatoms. The molecule has 0 aliphatic carbocycles. The van der Waals surface area contributed by atoms with E-state index in [0.717, 1.165) is 12.2 Å². The maximum absolute atomic E-state index is 11.9. The molecule has 1 aromatic heterocycles. The molecule has 5 nitrogen and oxygen atoms in total. The van der Waals surface area contributed by atoms with Crippen molar-refractivity contribution in [3.63, 3.8) is 0 Å². The number of hydrogen-bond donors (Lipinski definition) is 1. The van der Waals surface area contributed by atoms with Crippen molar-refractivity contribution < 1.29 is 9.53 Å². The lowest BCUT2D eigenvalue weighted by atomic mass is 10.1. The number of rotatable bonds is 5. The number of pyridine rings is 1. The highest BCUT2D eigenvalue weighted by Crippen LogP contribution is 2.25. The highest BCUT2D eigenvalue weighted by atomic mass is 16.5. The molecule has 0 spiro atoms. The fourth-order valence-electron chi connectivity index (χ4n) is 1.95. The maximum Gasteiger partial charge on any atom is 0.340 e. The highest BCUT2D eigenvalue weighted by molar-refractivity contribution is 5.96. The van der Waals surface area contributed by atoms with Gasteiger partial charge in [0.05, 0.1) is 24.6 Å². The second kappa shape index (κ2) is 6.41. The monoisotopic (exact) mass is 265 g/mol. The summed E-state index contributed by atoms with van der Waals surface area (Å²) in [5, 5.41) is 0. The van der Waals surface area contributed by atoms with E-state index in [4.69, 9.17) is 10.5 Å². The van der Waals surface area contributed by atoms with E-state index in [0.29, 0.717) is 17.3 Å². The number of carbonyl (C=O) groups is 1. The van der Waals surface area contributed by atoms with Gasteiger partial charge in [-0.3, -0.25) is 0 Å². The van der Waals surface area contributed by atoms with Crippen LogP contribution in [0.25, 0.3) is 0 Å². The van der Waals surface area contributed by atoms with Gasteiger partial charge in [0.25, 0.3) is 0 Å². The van der Waals surface area contributed by atoms with Gasteiger partial charge in [-0.05, 0) is 25.8 Å². The van der Waals surface area contributed by atoms with E-state index >= 15 is 0 Å². The maximum atomic E-state index is 11.9. The van der Waals surface area contributed by atoms with Crippen molar-refractivity contribution >= 4 is 17.5 Å². The summed E-state index contributed by atoms with van der Waals surface area (Å²) in [6.45, 7) is 9.28. The Bertz CT molecular complexity index is 444. The molecule has 0 amide bonds. The normalized spacial score (nSPS) is 10.9. The third-order valence-electron chi connectivity index (χ3n) is 2.80. The molecule has 0 atom stereocenters. The van der Waals surface area contributed by atoms with E-state index in [2.05, 4.69) is 37.6 Å². The van der Waals surface area contributed by atoms with Crippen molar-refractivity contribution in [3.05, 3.63) is 17.8 Å². The minimum absolute atomic E-state index is 0.260. The van der Waals surface area contributed by atoms with Gasteiger partial charge in [0.2, 0.25) is 0 Å². The van der Waals surface area contributed by atoms with Crippen LogP contribution in [0.3, 0.4) is 0 Å². The molecule has 1 heterocycles. The number of methoxy groups -OCH3 is 1. The van der Waals surface area contributed by atoms with Gasteiger partial charge in [-0.15, -0.1) is 0 Å². The van der Waals surface area contributed by atoms with Crippen molar-refractivity contribution in [2.75, 3.05) is 24.3 Å². The van der Waals surface area contributed by atoms with Crippen molar-refractivity contribution in [3.8, 4) is 0 Å². The molecule has 1 aromatic rings. The lowest BCUT2D eigenvalue weighted by Crippen LogP contribution is -2.35. The number of nitrogens with two attached hydrogens (primary N) is 1. The fraction of sp³-hybridized carbons (Fsp3) is 0.571. The summed E-state index contributed by atoms with van der Waals surface area (Å²) in [6, 6.07) is 1.83. The fourth-order valence-corrected chi connectivity index (χ4v) is 1.95. The van der Waals surface area contributed by atoms with Crippen LogP contribution in [0.15, 0.2) is 12.3 Å². The average Bonchev–Trinajstić information content (AvgIpc) is 2.34. The summed E-state index contributed by atoms with van der Waals surface area (Å²) in [7, 11) is 1.37. The lowest BCUT2D eigenvalue weighted by Gasteiger charge is -2.31. The smallest absolute Gasteiger partial charge is 0.340 e. The molecule has 0 fully saturated rings. The summed E-state index contributed by atoms with van der Waals surface area (Å²) < 4.78 is 4.82. The van der Waals surface area contributed by atoms with Crippen LogP contribution < -0.4 is 10.6 Å². The first-order chi connectivity index (χ1) is 8.86. The lowest BCUT2D eigenvalue weighted by molar-refractivity contribution is 0.0601. The van der Waals surface area contributed by atoms with Gasteiger partial charge in [0.15, 0.2) is 0 Å². The van der Waals surface area contributed by atoms with E-state index < -0.39 is 5.97 Å². The van der Waals surface area contributed by atoms with Crippen LogP contribution in [-0.2, 0) is 4.74 Å². The number of aromatic nitrogens is 1. The number of anilines is 2. The van der Waals surface area contributed by atoms with E-state index in [1.54, 1.807) is 12.3 Å². The second-order valence-electron chi connectivity index (χ2n) is 5.26. The molecule has 0 aliphatic rings. The van der Waals surface area contributed by atoms with Crippen molar-refractivity contribution in [2.45, 2.75) is 33.7 Å². The summed E-state index contributed by atoms with van der Waals surface area (Å²) in [5.74, 6) is 0.404. The Hall–Kier alpha value is -1.78. The van der Waals surface area contributed by atoms with Crippen LogP contribution in [0.4, 0.5) is 11.5 Å². The van der Waals surface area contributed by atoms with E-state index in [-0.39, 0.29) is 6.04 Å². The van der Waals surface area contributed by atoms with E-state index in [1.807, 2.05) is 0 Å². The Morgan fingerprint density at radius 1 is 1.42 bits per heavy atom. The average molecular weight is 265 g/mol. The van der Waals surface area contributed by atoms with Gasteiger partial charge in [-0.25, -0.2) is 9.78 Å². The number of ether oxygens (including phenoxy) is 1. The van der Waals surface area contributed by atoms with Gasteiger partial charge < -0.3 is 15.4 Å². The van der Waals surface area contributed by atoms with Crippen LogP contribution in [-0.4, -0.2) is 30.6 Å². The zero-order valence-corrected chi connectivity index (χ0v) is 12.3. The molecular weight excluding hydrogens is 242 g/mol. The first-order valence-electron chi connectivity index (χ1n) is 6.47. The van der Waals surface area contributed by atoms with Gasteiger partial charge in [0, 0.05) is 12.6 Å². The van der Waals surface area contributed by atoms with Gasteiger partial charge >= 0.3 is 5.97 Å². The molecule has 0 aromatic carbocycles. The van der Waals surface area contributed by atoms with Gasteiger partial charge in [0.1, 0.15) is 5.82 Å². The summed E-state index contributed by atoms with van der Waals surface area (Å²) in [4.78, 5) is 18.1. The number of nitrogen functional groups attached to an aromatic ring is 1. The molecule has 19 heavy (non-hydrogen) atoms. The Balaban J connectivity index is 3.25. The predicted molar refractivity (Wildman–Crippen MR) is 77.3 cm³/mol. The summed E-state index contributed by atoms with van der Waals surface area (Å²) in [5.41, 5.74) is 6.89. The second-order valence-corrected chi connectivity index (χ2v) is 5.26. The minimum Gasteiger partial charge on any atom is -0.465 e. The molecule has 106 valence electrons. The molecule has 0 bridgehead atoms. The summed E-state index contributed by atoms with van der Waals surface area (Å²) >= 11 is 0. The van der Waals surface area contributed by atoms with Crippen LogP contribution in [0.5, 0.6) is 0 Å². The van der Waals surface area contributed by atoms with Crippen molar-refractivity contribution in [2.24, 2.45) is 5.92 Å². The Kier molecular flexibility index (Phi) is 5.15. The minimum atomic E-state index is -0.390. The zero-order valence-electron chi connectivity index (χ0n) is 12.3. The van der Waals surface area contributed by atoms with Crippen LogP contribution in [0, 0.1) is 5.92 Å². The Morgan fingerprint density at radius 2 is 2.05 bits per heavy atom. The SMILES string of the molecule is COC(=O)c1cc(N)ncc1N(CC(C)C)C(C)C. The van der Waals surface area contributed by atoms with Crippen LogP contribution in [0.1, 0.15) is 38.1 Å². The molecule has 0 saturated carbocycles. The number of hydrogen-bond acceptors (Lipinski definition) is 5. The zero-order chi connectivity index (χ0) is 14.6. The third kappa shape index (κ3) is 3.84. The Morgan fingerprint density at radius 3 is 2.53 bits per heavy atom. The first-order valence-corrected chi connectivity index (χ1v) is 6.47. The molecule has 1 rings (SSSR count). The van der Waals surface area contributed by atoms with E-state index in [1.165, 1.54) is 7.11 Å². The third-order valence-corrected chi connectivity index (χ3v) is 2.80. The number of nitrogens with zero attached hydrogens (tertiary/aromatic N) is 2. The standard InChI is InChI=1S/C14H23N3O2/c1-9(2)8-17(10(3)4)12-7-16-13(15)6-11(12)14(18)19-5/h6-7,9-10H,8H2,1-5H3,(H2,15,16). The molecule has 0 saturated heterocycles. The molecule has 2 N–H and O–H groups in total. The van der Waals surface area contributed by atoms with Crippen molar-refractivity contribution in [1.82, 2.24) is 4.98 Å². The van der Waals surface area contributed by atoms with Gasteiger partial charge in [-0.1, -0.05) is 13.8 Å². The number of carbonyl (C=O) groups excluding carboxylic acids is 1. The topological polar surface area (TPSA) is 68.5 Å². The quantitative estimate of drug-likeness (QED) is 0.827. The van der Waals surface area contributed by atoms with Crippen molar-refractivity contribution in [1.29, 1.82) is 0 Å². The first kappa shape index (κ1) is 15.3. The van der Waals surface area contributed by atoms with E-state index in [9.17, 15) is 4.79 Å². The Labute approximate surface area is 114 Å². The molecule has 0 aliphatic heterocycles. The van der Waals surface area contributed by atoms with Gasteiger partial charge in [-0.2, -0.15) is 0 Å². The molecular formula is C14H23N3O2. The molecule has 0 unspecified atom stereocenters. The largest absolute Gasteiger partial charge is 0.465 e. The predicted octanol–water partition coefficient (Wildman–Crippen LogP) is 2.32. The number of esters is 1. The highest BCUT2D eigenvalue weighted by Gasteiger charge is 2.21. The van der Waals surface area contributed by atoms with Crippen LogP contribution in [0.2, 0.25) is 0 Å². The summed E-state index contributed by atoms with van der Waals surface area (Å²) in [6.07, 6.45) is 1.64. The molecule has 0 radical (unpaired) electrons.